The molecule has 1 heteroatoms. The van der Waals surface area contributed by atoms with Crippen LogP contribution in [0.5, 0.6) is 0 Å². The zero-order chi connectivity index (χ0) is 16.9. The fraction of sp³-hybridized carbons (Fsp3) is 0.652. The van der Waals surface area contributed by atoms with Crippen LogP contribution in [0.25, 0.3) is 0 Å². The van der Waals surface area contributed by atoms with Gasteiger partial charge in [-0.25, -0.2) is 0 Å². The first kappa shape index (κ1) is 16.8. The van der Waals surface area contributed by atoms with E-state index in [0.717, 1.165) is 11.8 Å². The Kier molecular flexibility index (Phi) is 4.35. The fourth-order valence-electron chi connectivity index (χ4n) is 6.20. The molecular weight excluding hydrogens is 308 g/mol. The summed E-state index contributed by atoms with van der Waals surface area (Å²) in [6.07, 6.45) is 12.4. The van der Waals surface area contributed by atoms with Gasteiger partial charge in [0.05, 0.1) is 0 Å². The van der Waals surface area contributed by atoms with Crippen LogP contribution in [-0.4, -0.2) is 0 Å². The first-order valence-electron chi connectivity index (χ1n) is 10.1. The summed E-state index contributed by atoms with van der Waals surface area (Å²) in [5.41, 5.74) is 9.05. The largest absolute Gasteiger partial charge is 0.143 e. The average molecular weight is 341 g/mol. The molecule has 0 nitrogen and oxygen atoms in total. The number of fused-ring (bicyclic) bond motifs is 4. The predicted molar refractivity (Wildman–Crippen MR) is 106 cm³/mol. The molecule has 0 spiro atoms. The van der Waals surface area contributed by atoms with E-state index in [1.807, 2.05) is 11.1 Å². The molecule has 0 N–H and O–H groups in total. The number of thiol groups is 1. The van der Waals surface area contributed by atoms with E-state index in [1.54, 1.807) is 11.1 Å². The van der Waals surface area contributed by atoms with Crippen molar-refractivity contribution in [1.82, 2.24) is 0 Å². The van der Waals surface area contributed by atoms with Crippen molar-refractivity contribution in [3.8, 4) is 0 Å². The van der Waals surface area contributed by atoms with Gasteiger partial charge >= 0.3 is 0 Å². The van der Waals surface area contributed by atoms with Crippen LogP contribution < -0.4 is 0 Å². The van der Waals surface area contributed by atoms with Gasteiger partial charge in [-0.3, -0.25) is 0 Å². The minimum absolute atomic E-state index is 0.581. The van der Waals surface area contributed by atoms with Gasteiger partial charge < -0.3 is 0 Å². The molecule has 0 aliphatic heterocycles. The lowest BCUT2D eigenvalue weighted by molar-refractivity contribution is 0.250. The summed E-state index contributed by atoms with van der Waals surface area (Å²) < 4.78 is 0. The number of rotatable bonds is 3. The summed E-state index contributed by atoms with van der Waals surface area (Å²) in [6, 6.07) is 4.63. The monoisotopic (exact) mass is 340 g/mol. The second-order valence-corrected chi connectivity index (χ2v) is 9.25. The van der Waals surface area contributed by atoms with Crippen LogP contribution in [0, 0.1) is 18.3 Å². The molecule has 4 rings (SSSR count). The van der Waals surface area contributed by atoms with E-state index in [0.29, 0.717) is 5.41 Å². The van der Waals surface area contributed by atoms with Gasteiger partial charge in [0.1, 0.15) is 0 Å². The van der Waals surface area contributed by atoms with E-state index in [4.69, 9.17) is 0 Å². The number of hydrogen-bond acceptors (Lipinski definition) is 1. The summed E-state index contributed by atoms with van der Waals surface area (Å²) >= 11 is 4.66. The van der Waals surface area contributed by atoms with Crippen molar-refractivity contribution in [1.29, 1.82) is 0 Å². The molecule has 0 bridgehead atoms. The summed E-state index contributed by atoms with van der Waals surface area (Å²) in [6.45, 7) is 7.11. The molecule has 3 aliphatic rings. The van der Waals surface area contributed by atoms with Crippen LogP contribution >= 0.6 is 12.6 Å². The summed E-state index contributed by atoms with van der Waals surface area (Å²) in [5, 5.41) is 0. The highest BCUT2D eigenvalue weighted by Gasteiger charge is 2.47. The molecule has 2 unspecified atom stereocenters. The van der Waals surface area contributed by atoms with E-state index < -0.39 is 0 Å². The first-order valence-corrected chi connectivity index (χ1v) is 10.5. The topological polar surface area (TPSA) is 0 Å². The highest BCUT2D eigenvalue weighted by Crippen LogP contribution is 2.61. The Balaban J connectivity index is 1.78. The van der Waals surface area contributed by atoms with Gasteiger partial charge in [-0.2, -0.15) is 0 Å². The van der Waals surface area contributed by atoms with Crippen LogP contribution in [-0.2, 0) is 6.42 Å². The lowest BCUT2D eigenvalue weighted by atomic mass is 9.61. The Bertz CT molecular complexity index is 684. The minimum Gasteiger partial charge on any atom is -0.143 e. The number of unbranched alkanes of at least 4 members (excludes halogenated alkanes) is 1. The quantitative estimate of drug-likeness (QED) is 0.444. The average Bonchev–Trinajstić information content (AvgIpc) is 2.92. The van der Waals surface area contributed by atoms with Crippen molar-refractivity contribution in [2.24, 2.45) is 11.3 Å². The second-order valence-electron chi connectivity index (χ2n) is 8.77. The molecule has 1 saturated carbocycles. The third-order valence-electron chi connectivity index (χ3n) is 7.29. The van der Waals surface area contributed by atoms with Crippen LogP contribution in [0.2, 0.25) is 0 Å². The second kappa shape index (κ2) is 6.24. The van der Waals surface area contributed by atoms with E-state index >= 15 is 0 Å². The third-order valence-corrected chi connectivity index (χ3v) is 7.77. The molecule has 130 valence electrons. The first-order chi connectivity index (χ1) is 11.6. The van der Waals surface area contributed by atoms with Gasteiger partial charge in [-0.15, -0.1) is 12.6 Å². The normalized spacial score (nSPS) is 31.7. The zero-order valence-corrected chi connectivity index (χ0v) is 16.5. The maximum absolute atomic E-state index is 4.66. The third kappa shape index (κ3) is 2.50. The van der Waals surface area contributed by atoms with Crippen LogP contribution in [0.3, 0.4) is 0 Å². The summed E-state index contributed by atoms with van der Waals surface area (Å²) in [7, 11) is 0. The van der Waals surface area contributed by atoms with Crippen LogP contribution in [0.1, 0.15) is 87.8 Å². The molecule has 0 heterocycles. The molecule has 0 aromatic heterocycles. The minimum atomic E-state index is 0.581. The van der Waals surface area contributed by atoms with Gasteiger partial charge in [0.2, 0.25) is 0 Å². The van der Waals surface area contributed by atoms with Crippen molar-refractivity contribution in [2.45, 2.75) is 89.4 Å². The maximum Gasteiger partial charge on any atom is 0.00721 e. The van der Waals surface area contributed by atoms with Gasteiger partial charge in [-0.05, 0) is 86.0 Å². The number of hydrogen-bond donors (Lipinski definition) is 1. The molecule has 1 fully saturated rings. The lowest BCUT2D eigenvalue weighted by Gasteiger charge is -2.43. The van der Waals surface area contributed by atoms with Crippen molar-refractivity contribution in [2.75, 3.05) is 0 Å². The SMILES string of the molecule is CCCC[C@@]12CCC3C(=C1CC(C)C2)CCc1c3ccc(S)c1C. The van der Waals surface area contributed by atoms with Crippen molar-refractivity contribution < 1.29 is 0 Å². The molecule has 0 saturated heterocycles. The number of allylic oxidation sites excluding steroid dienone is 2. The lowest BCUT2D eigenvalue weighted by Crippen LogP contribution is -2.29. The van der Waals surface area contributed by atoms with Crippen LogP contribution in [0.15, 0.2) is 28.2 Å². The van der Waals surface area contributed by atoms with E-state index in [9.17, 15) is 0 Å². The van der Waals surface area contributed by atoms with Crippen molar-refractivity contribution in [3.63, 3.8) is 0 Å². The van der Waals surface area contributed by atoms with Crippen LogP contribution in [0.4, 0.5) is 0 Å². The Morgan fingerprint density at radius 1 is 1.25 bits per heavy atom. The summed E-state index contributed by atoms with van der Waals surface area (Å²) in [5.74, 6) is 1.61. The molecule has 1 aromatic rings. The Morgan fingerprint density at radius 3 is 2.88 bits per heavy atom. The van der Waals surface area contributed by atoms with Crippen molar-refractivity contribution >= 4 is 12.6 Å². The van der Waals surface area contributed by atoms with E-state index in [1.165, 1.54) is 68.2 Å². The van der Waals surface area contributed by atoms with Gasteiger partial charge in [0.15, 0.2) is 0 Å². The number of benzene rings is 1. The molecule has 3 atom stereocenters. The molecule has 3 aliphatic carbocycles. The van der Waals surface area contributed by atoms with E-state index in [2.05, 4.69) is 45.5 Å². The molecular formula is C23H32S. The zero-order valence-electron chi connectivity index (χ0n) is 15.6. The molecule has 0 amide bonds. The maximum atomic E-state index is 4.66. The van der Waals surface area contributed by atoms with Gasteiger partial charge in [0.25, 0.3) is 0 Å². The molecule has 24 heavy (non-hydrogen) atoms. The Hall–Kier alpha value is -0.690. The standard InChI is InChI=1S/C23H32S/c1-4-5-11-23-12-10-19-18-8-9-22(24)16(3)17(18)6-7-20(19)21(23)13-15(2)14-23/h8-9,15,19,24H,4-7,10-14H2,1-3H3/t15?,19?,23-/m0/s1. The highest BCUT2D eigenvalue weighted by molar-refractivity contribution is 7.80. The van der Waals surface area contributed by atoms with Gasteiger partial charge in [-0.1, -0.05) is 43.9 Å². The smallest absolute Gasteiger partial charge is 0.00721 e. The molecule has 0 radical (unpaired) electrons. The van der Waals surface area contributed by atoms with E-state index in [-0.39, 0.29) is 0 Å². The van der Waals surface area contributed by atoms with Gasteiger partial charge in [0, 0.05) is 10.8 Å². The Labute approximate surface area is 153 Å². The summed E-state index contributed by atoms with van der Waals surface area (Å²) in [4.78, 5) is 1.17. The highest BCUT2D eigenvalue weighted by atomic mass is 32.1. The fourth-order valence-corrected chi connectivity index (χ4v) is 6.41. The molecule has 1 aromatic carbocycles. The Morgan fingerprint density at radius 2 is 2.08 bits per heavy atom. The van der Waals surface area contributed by atoms with Crippen molar-refractivity contribution in [3.05, 3.63) is 40.0 Å². The predicted octanol–water partition coefficient (Wildman–Crippen LogP) is 7.01.